The minimum atomic E-state index is -4.69. The van der Waals surface area contributed by atoms with Crippen molar-refractivity contribution in [3.63, 3.8) is 0 Å². The summed E-state index contributed by atoms with van der Waals surface area (Å²) < 4.78 is 63.5. The molecule has 0 saturated carbocycles. The number of aryl methyl sites for hydroxylation is 1. The van der Waals surface area contributed by atoms with E-state index in [1.54, 1.807) is 17.5 Å². The maximum atomic E-state index is 15.7. The van der Waals surface area contributed by atoms with Crippen molar-refractivity contribution in [2.45, 2.75) is 58.2 Å². The van der Waals surface area contributed by atoms with E-state index < -0.39 is 40.4 Å². The Morgan fingerprint density at radius 2 is 1.98 bits per heavy atom. The molecule has 15 heteroatoms. The minimum Gasteiger partial charge on any atom is -0.493 e. The van der Waals surface area contributed by atoms with Crippen molar-refractivity contribution < 1.29 is 31.9 Å². The summed E-state index contributed by atoms with van der Waals surface area (Å²) in [4.78, 5) is 37.2. The second kappa shape index (κ2) is 10.7. The van der Waals surface area contributed by atoms with E-state index in [0.29, 0.717) is 28.6 Å². The number of piperidine rings is 1. The molecular weight excluding hydrogens is 596 g/mol. The number of hydrogen-bond acceptors (Lipinski definition) is 7. The molecule has 238 valence electrons. The van der Waals surface area contributed by atoms with E-state index in [0.717, 1.165) is 32.4 Å². The molecule has 6 rings (SSSR count). The fourth-order valence-corrected chi connectivity index (χ4v) is 6.49. The first-order chi connectivity index (χ1) is 21.2. The fraction of sp³-hybridized carbons (Fsp3) is 0.433. The van der Waals surface area contributed by atoms with Gasteiger partial charge >= 0.3 is 6.18 Å². The number of hydrogen-bond donors (Lipinski definition) is 2. The number of benzene rings is 1. The molecule has 5 heterocycles. The molecule has 11 nitrogen and oxygen atoms in total. The van der Waals surface area contributed by atoms with Crippen LogP contribution in [-0.4, -0.2) is 60.1 Å². The number of carbonyl (C=O) groups is 2. The van der Waals surface area contributed by atoms with E-state index >= 15 is 4.39 Å². The Balaban J connectivity index is 1.39. The van der Waals surface area contributed by atoms with Crippen LogP contribution in [0.15, 0.2) is 30.6 Å². The van der Waals surface area contributed by atoms with Crippen LogP contribution in [0.3, 0.4) is 0 Å². The second-order valence-electron chi connectivity index (χ2n) is 12.1. The van der Waals surface area contributed by atoms with Crippen LogP contribution < -0.4 is 15.8 Å². The number of alkyl halides is 3. The van der Waals surface area contributed by atoms with Crippen LogP contribution in [0.25, 0.3) is 16.8 Å². The first kappa shape index (κ1) is 30.3. The van der Waals surface area contributed by atoms with Crippen molar-refractivity contribution in [2.75, 3.05) is 24.2 Å². The quantitative estimate of drug-likeness (QED) is 0.287. The molecule has 2 aliphatic heterocycles. The number of imidazole rings is 1. The summed E-state index contributed by atoms with van der Waals surface area (Å²) >= 11 is 0. The third-order valence-corrected chi connectivity index (χ3v) is 8.55. The van der Waals surface area contributed by atoms with Gasteiger partial charge in [0, 0.05) is 55.0 Å². The van der Waals surface area contributed by atoms with Gasteiger partial charge in [-0.3, -0.25) is 18.7 Å². The smallest absolute Gasteiger partial charge is 0.433 e. The summed E-state index contributed by atoms with van der Waals surface area (Å²) in [6.45, 7) is 6.25. The van der Waals surface area contributed by atoms with Crippen molar-refractivity contribution in [2.24, 2.45) is 12.5 Å². The van der Waals surface area contributed by atoms with Crippen LogP contribution in [0.2, 0.25) is 0 Å². The SMILES string of the molecule is CCOc1cc(C(=O)Nc2cc(C(F)(F)F)n(C)n2)c(F)cc1-c1nc([C@@H]2CC[C@H]3CC(C)(C)C(=O)N3C2)n2ccnc(N)c12. The highest BCUT2D eigenvalue weighted by Gasteiger charge is 2.48. The Labute approximate surface area is 255 Å². The van der Waals surface area contributed by atoms with Gasteiger partial charge in [0.25, 0.3) is 5.91 Å². The molecule has 3 aromatic heterocycles. The van der Waals surface area contributed by atoms with Crippen molar-refractivity contribution in [1.82, 2.24) is 29.0 Å². The number of anilines is 2. The number of nitrogens with one attached hydrogen (secondary N) is 1. The summed E-state index contributed by atoms with van der Waals surface area (Å²) in [5.74, 6) is -1.52. The number of aromatic nitrogens is 5. The molecule has 2 aliphatic rings. The molecule has 0 unspecified atom stereocenters. The number of carbonyl (C=O) groups excluding carboxylic acids is 2. The topological polar surface area (TPSA) is 133 Å². The van der Waals surface area contributed by atoms with Crippen LogP contribution in [0.4, 0.5) is 29.2 Å². The molecular formula is C30H32F4N8O3. The third-order valence-electron chi connectivity index (χ3n) is 8.55. The van der Waals surface area contributed by atoms with Crippen molar-refractivity contribution in [1.29, 1.82) is 0 Å². The first-order valence-corrected chi connectivity index (χ1v) is 14.5. The highest BCUT2D eigenvalue weighted by atomic mass is 19.4. The predicted octanol–water partition coefficient (Wildman–Crippen LogP) is 5.03. The standard InChI is InChI=1S/C30H32F4N8O3/c1-5-45-20-11-17(27(43)37-22-12-21(30(32,33)34)40(4)39-22)19(31)10-18(20)23-24-25(35)36-8-9-41(24)26(38-23)15-6-7-16-13-29(2,3)28(44)42(16)14-15/h8-12,15-16H,5-7,13-14H2,1-4H3,(H2,35,36)(H,37,39,43)/t15-,16+/m1/s1. The van der Waals surface area contributed by atoms with E-state index in [2.05, 4.69) is 15.4 Å². The molecule has 4 aromatic rings. The van der Waals surface area contributed by atoms with Gasteiger partial charge in [0.2, 0.25) is 5.91 Å². The number of ether oxygens (including phenoxy) is 1. The molecule has 0 bridgehead atoms. The van der Waals surface area contributed by atoms with E-state index in [-0.39, 0.29) is 47.3 Å². The summed E-state index contributed by atoms with van der Waals surface area (Å²) in [5, 5.41) is 5.90. The lowest BCUT2D eigenvalue weighted by Crippen LogP contribution is -2.42. The molecule has 0 spiro atoms. The maximum Gasteiger partial charge on any atom is 0.433 e. The maximum absolute atomic E-state index is 15.7. The lowest BCUT2D eigenvalue weighted by Gasteiger charge is -2.34. The molecule has 2 fully saturated rings. The zero-order valence-corrected chi connectivity index (χ0v) is 25.1. The van der Waals surface area contributed by atoms with E-state index in [1.807, 2.05) is 18.7 Å². The average molecular weight is 629 g/mol. The van der Waals surface area contributed by atoms with Gasteiger partial charge in [0.1, 0.15) is 40.1 Å². The van der Waals surface area contributed by atoms with Gasteiger partial charge in [-0.1, -0.05) is 13.8 Å². The molecule has 0 aliphatic carbocycles. The van der Waals surface area contributed by atoms with Gasteiger partial charge in [0.15, 0.2) is 5.82 Å². The number of amides is 2. The largest absolute Gasteiger partial charge is 0.493 e. The van der Waals surface area contributed by atoms with Crippen molar-refractivity contribution >= 4 is 29.0 Å². The number of nitrogens with zero attached hydrogens (tertiary/aromatic N) is 6. The average Bonchev–Trinajstić information content (AvgIpc) is 3.61. The van der Waals surface area contributed by atoms with Crippen molar-refractivity contribution in [3.8, 4) is 17.0 Å². The van der Waals surface area contributed by atoms with Crippen LogP contribution in [0.1, 0.15) is 67.8 Å². The van der Waals surface area contributed by atoms with Gasteiger partial charge in [0.05, 0.1) is 12.2 Å². The van der Waals surface area contributed by atoms with Crippen LogP contribution in [0, 0.1) is 11.2 Å². The Morgan fingerprint density at radius 3 is 2.67 bits per heavy atom. The molecule has 2 atom stereocenters. The molecule has 2 amide bonds. The predicted molar refractivity (Wildman–Crippen MR) is 156 cm³/mol. The normalized spacial score (nSPS) is 19.6. The number of fused-ring (bicyclic) bond motifs is 2. The molecule has 45 heavy (non-hydrogen) atoms. The third kappa shape index (κ3) is 5.23. The summed E-state index contributed by atoms with van der Waals surface area (Å²) in [5.41, 5.74) is 5.25. The highest BCUT2D eigenvalue weighted by molar-refractivity contribution is 6.05. The molecule has 0 radical (unpaired) electrons. The Bertz CT molecular complexity index is 1830. The van der Waals surface area contributed by atoms with Crippen LogP contribution in [-0.2, 0) is 18.0 Å². The zero-order valence-electron chi connectivity index (χ0n) is 25.1. The lowest BCUT2D eigenvalue weighted by atomic mass is 9.87. The zero-order chi connectivity index (χ0) is 32.4. The Morgan fingerprint density at radius 1 is 1.22 bits per heavy atom. The number of nitrogen functional groups attached to an aromatic ring is 1. The van der Waals surface area contributed by atoms with Crippen LogP contribution in [0.5, 0.6) is 5.75 Å². The first-order valence-electron chi connectivity index (χ1n) is 14.5. The number of halogens is 4. The van der Waals surface area contributed by atoms with Crippen LogP contribution >= 0.6 is 0 Å². The summed E-state index contributed by atoms with van der Waals surface area (Å²) in [6, 6.07) is 3.09. The number of nitrogens with two attached hydrogens (primary N) is 1. The van der Waals surface area contributed by atoms with E-state index in [1.165, 1.54) is 12.3 Å². The fourth-order valence-electron chi connectivity index (χ4n) is 6.49. The lowest BCUT2D eigenvalue weighted by molar-refractivity contribution is -0.143. The Hall–Kier alpha value is -4.69. The summed E-state index contributed by atoms with van der Waals surface area (Å²) in [7, 11) is 1.08. The highest BCUT2D eigenvalue weighted by Crippen LogP contribution is 2.44. The van der Waals surface area contributed by atoms with Gasteiger partial charge in [-0.15, -0.1) is 0 Å². The second-order valence-corrected chi connectivity index (χ2v) is 12.1. The monoisotopic (exact) mass is 628 g/mol. The summed E-state index contributed by atoms with van der Waals surface area (Å²) in [6.07, 6.45) is 0.938. The van der Waals surface area contributed by atoms with Gasteiger partial charge in [-0.25, -0.2) is 14.4 Å². The van der Waals surface area contributed by atoms with E-state index in [9.17, 15) is 22.8 Å². The molecule has 2 saturated heterocycles. The number of rotatable bonds is 6. The van der Waals surface area contributed by atoms with Crippen molar-refractivity contribution in [3.05, 3.63) is 53.5 Å². The molecule has 3 N–H and O–H groups in total. The van der Waals surface area contributed by atoms with Gasteiger partial charge in [-0.05, 0) is 38.3 Å². The van der Waals surface area contributed by atoms with Gasteiger partial charge in [-0.2, -0.15) is 18.3 Å². The molecule has 1 aromatic carbocycles. The minimum absolute atomic E-state index is 0.106. The van der Waals surface area contributed by atoms with E-state index in [4.69, 9.17) is 15.5 Å². The Kier molecular flexibility index (Phi) is 7.24. The van der Waals surface area contributed by atoms with Gasteiger partial charge < -0.3 is 20.7 Å².